The number of aromatic nitrogens is 2. The van der Waals surface area contributed by atoms with Gasteiger partial charge in [0.1, 0.15) is 18.5 Å². The van der Waals surface area contributed by atoms with Crippen molar-refractivity contribution in [3.63, 3.8) is 0 Å². The zero-order chi connectivity index (χ0) is 26.8. The third-order valence-electron chi connectivity index (χ3n) is 5.71. The molecular weight excluding hydrogens is 484 g/mol. The van der Waals surface area contributed by atoms with Crippen LogP contribution in [-0.4, -0.2) is 67.1 Å². The largest absolute Gasteiger partial charge is 0.460 e. The molecule has 0 spiro atoms. The molecule has 0 unspecified atom stereocenters. The second-order valence-electron chi connectivity index (χ2n) is 10.3. The van der Waals surface area contributed by atoms with Gasteiger partial charge in [-0.15, -0.1) is 0 Å². The third kappa shape index (κ3) is 5.97. The summed E-state index contributed by atoms with van der Waals surface area (Å²) in [5.74, 6) is -4.53. The Morgan fingerprint density at radius 3 is 2.40 bits per heavy atom. The molecule has 1 fully saturated rings. The predicted octanol–water partition coefficient (Wildman–Crippen LogP) is 2.52. The van der Waals surface area contributed by atoms with Crippen molar-refractivity contribution in [2.24, 2.45) is 0 Å². The van der Waals surface area contributed by atoms with Gasteiger partial charge in [0.2, 0.25) is 6.23 Å². The monoisotopic (exact) mass is 519 g/mol. The van der Waals surface area contributed by atoms with Gasteiger partial charge >= 0.3 is 26.1 Å². The van der Waals surface area contributed by atoms with E-state index in [1.54, 1.807) is 0 Å². The number of hydrogen-bond donors (Lipinski definition) is 2. The summed E-state index contributed by atoms with van der Waals surface area (Å²) in [7, 11) is -3.29. The first-order valence-corrected chi connectivity index (χ1v) is 12.9. The van der Waals surface area contributed by atoms with Crippen molar-refractivity contribution in [2.75, 3.05) is 25.6 Å². The van der Waals surface area contributed by atoms with Gasteiger partial charge in [0.25, 0.3) is 0 Å². The van der Waals surface area contributed by atoms with Crippen molar-refractivity contribution in [1.82, 2.24) is 9.55 Å². The molecule has 198 valence electrons. The minimum atomic E-state index is -3.80. The van der Waals surface area contributed by atoms with Crippen LogP contribution in [0.5, 0.6) is 0 Å². The molecule has 0 aliphatic carbocycles. The number of hydrogen-bond acceptors (Lipinski definition) is 9. The van der Waals surface area contributed by atoms with Gasteiger partial charge in [-0.1, -0.05) is 48.1 Å². The van der Waals surface area contributed by atoms with E-state index in [1.165, 1.54) is 6.07 Å². The number of rotatable bonds is 9. The molecule has 3 N–H and O–H groups in total. The normalized spacial score (nSPS) is 22.7. The number of nitrogens with zero attached hydrogens (tertiary/aromatic N) is 2. The summed E-state index contributed by atoms with van der Waals surface area (Å²) in [6, 6.07) is 1.18. The van der Waals surface area contributed by atoms with E-state index in [9.17, 15) is 23.5 Å². The number of ether oxygens (including phenoxy) is 2. The lowest BCUT2D eigenvalue weighted by atomic mass is 10.1. The fourth-order valence-corrected chi connectivity index (χ4v) is 9.16. The van der Waals surface area contributed by atoms with Crippen LogP contribution in [0, 0.1) is 0 Å². The quantitative estimate of drug-likeness (QED) is 0.218. The number of alkyl halides is 2. The Balaban J connectivity index is 2.28. The van der Waals surface area contributed by atoms with E-state index >= 15 is 0 Å². The third-order valence-corrected chi connectivity index (χ3v) is 10.8. The molecule has 0 amide bonds. The van der Waals surface area contributed by atoms with Gasteiger partial charge in [0.05, 0.1) is 13.2 Å². The zero-order valence-corrected chi connectivity index (χ0v) is 21.9. The molecule has 2 heterocycles. The summed E-state index contributed by atoms with van der Waals surface area (Å²) in [6.07, 6.45) is -3.73. The Hall–Kier alpha value is -2.19. The molecule has 0 saturated carbocycles. The molecular formula is C22H35F2N3O7Si. The van der Waals surface area contributed by atoms with E-state index in [-0.39, 0.29) is 19.0 Å². The Labute approximate surface area is 204 Å². The lowest BCUT2D eigenvalue weighted by Crippen LogP contribution is -2.59. The number of esters is 1. The Bertz CT molecular complexity index is 961. The smallest absolute Gasteiger partial charge is 0.351 e. The molecule has 1 aliphatic heterocycles. The molecule has 2 rings (SSSR count). The van der Waals surface area contributed by atoms with Gasteiger partial charge in [-0.25, -0.2) is 9.59 Å². The second-order valence-corrected chi connectivity index (χ2v) is 15.1. The van der Waals surface area contributed by atoms with Crippen molar-refractivity contribution in [1.29, 1.82) is 0 Å². The summed E-state index contributed by atoms with van der Waals surface area (Å²) < 4.78 is 53.4. The lowest BCUT2D eigenvalue weighted by Gasteiger charge is -2.49. The summed E-state index contributed by atoms with van der Waals surface area (Å²) in [4.78, 5) is 26.9. The highest BCUT2D eigenvalue weighted by molar-refractivity contribution is 6.73. The van der Waals surface area contributed by atoms with Crippen LogP contribution in [0.15, 0.2) is 29.7 Å². The molecule has 3 atom stereocenters. The maximum Gasteiger partial charge on any atom is 0.351 e. The highest BCUT2D eigenvalue weighted by atomic mass is 28.4. The highest BCUT2D eigenvalue weighted by Crippen LogP contribution is 2.53. The standard InChI is InChI=1S/C22H35F2N3O7Si/c1-8-16(28)31-11-12-32-35(20(2,3)4,21(5,6)7)33-13-14-17(29)22(23,24)18(34-14)27-10-9-15(25)26-19(27)30/h8-10,14,17-18,29H,1,11-13H2,2-7H3,(H2,25,26,30)/t14-,17-,18-/m1/s1. The van der Waals surface area contributed by atoms with E-state index in [1.807, 2.05) is 41.5 Å². The van der Waals surface area contributed by atoms with Crippen molar-refractivity contribution < 1.29 is 37.0 Å². The topological polar surface area (TPSA) is 135 Å². The maximum atomic E-state index is 14.9. The van der Waals surface area contributed by atoms with Gasteiger partial charge in [-0.05, 0) is 6.07 Å². The number of anilines is 1. The zero-order valence-electron chi connectivity index (χ0n) is 20.9. The van der Waals surface area contributed by atoms with E-state index in [0.717, 1.165) is 12.3 Å². The van der Waals surface area contributed by atoms with Crippen molar-refractivity contribution in [3.8, 4) is 0 Å². The molecule has 0 radical (unpaired) electrons. The molecule has 1 aromatic rings. The van der Waals surface area contributed by atoms with Crippen LogP contribution in [0.1, 0.15) is 47.8 Å². The van der Waals surface area contributed by atoms with Crippen molar-refractivity contribution in [2.45, 2.75) is 76.0 Å². The molecule has 35 heavy (non-hydrogen) atoms. The highest BCUT2D eigenvalue weighted by Gasteiger charge is 2.62. The van der Waals surface area contributed by atoms with Crippen LogP contribution in [0.3, 0.4) is 0 Å². The molecule has 13 heteroatoms. The van der Waals surface area contributed by atoms with E-state index in [4.69, 9.17) is 24.1 Å². The maximum absolute atomic E-state index is 14.9. The fraction of sp³-hybridized carbons (Fsp3) is 0.682. The Morgan fingerprint density at radius 2 is 1.89 bits per heavy atom. The molecule has 1 aliphatic rings. The molecule has 0 aromatic carbocycles. The Kier molecular flexibility index (Phi) is 8.65. The lowest BCUT2D eigenvalue weighted by molar-refractivity contribution is -0.141. The predicted molar refractivity (Wildman–Crippen MR) is 126 cm³/mol. The first-order chi connectivity index (χ1) is 16.0. The van der Waals surface area contributed by atoms with E-state index in [2.05, 4.69) is 11.6 Å². The van der Waals surface area contributed by atoms with Gasteiger partial charge in [0, 0.05) is 22.3 Å². The van der Waals surface area contributed by atoms with Crippen LogP contribution in [0.25, 0.3) is 0 Å². The summed E-state index contributed by atoms with van der Waals surface area (Å²) in [6.45, 7) is 14.3. The molecule has 1 saturated heterocycles. The summed E-state index contributed by atoms with van der Waals surface area (Å²) in [5.41, 5.74) is 4.40. The number of aliphatic hydroxyl groups is 1. The van der Waals surface area contributed by atoms with Crippen LogP contribution in [-0.2, 0) is 23.1 Å². The average Bonchev–Trinajstić information content (AvgIpc) is 2.94. The van der Waals surface area contributed by atoms with Crippen LogP contribution >= 0.6 is 0 Å². The van der Waals surface area contributed by atoms with Crippen LogP contribution in [0.4, 0.5) is 14.6 Å². The first kappa shape index (κ1) is 29.0. The molecule has 1 aromatic heterocycles. The average molecular weight is 520 g/mol. The Morgan fingerprint density at radius 1 is 1.29 bits per heavy atom. The SMILES string of the molecule is C=CC(=O)OCCO[Si](OC[C@H]1O[C@@H](n2ccc(N)nc2=O)C(F)(F)[C@@H]1O)(C(C)(C)C)C(C)(C)C. The molecule has 10 nitrogen and oxygen atoms in total. The van der Waals surface area contributed by atoms with Gasteiger partial charge in [-0.3, -0.25) is 4.57 Å². The summed E-state index contributed by atoms with van der Waals surface area (Å²) in [5, 5.41) is 9.27. The number of nitrogen functional groups attached to an aromatic ring is 1. The van der Waals surface area contributed by atoms with Gasteiger partial charge in [0.15, 0.2) is 6.10 Å². The number of aliphatic hydroxyl groups excluding tert-OH is 1. The first-order valence-electron chi connectivity index (χ1n) is 11.1. The van der Waals surface area contributed by atoms with E-state index < -0.39 is 61.3 Å². The number of nitrogens with two attached hydrogens (primary N) is 1. The number of carbonyl (C=O) groups excluding carboxylic acids is 1. The number of halogens is 2. The fourth-order valence-electron chi connectivity index (χ4n) is 4.33. The van der Waals surface area contributed by atoms with Crippen molar-refractivity contribution in [3.05, 3.63) is 35.4 Å². The van der Waals surface area contributed by atoms with E-state index in [0.29, 0.717) is 4.57 Å². The summed E-state index contributed by atoms with van der Waals surface area (Å²) >= 11 is 0. The van der Waals surface area contributed by atoms with Crippen molar-refractivity contribution >= 4 is 20.3 Å². The van der Waals surface area contributed by atoms with Crippen LogP contribution < -0.4 is 11.4 Å². The van der Waals surface area contributed by atoms with Crippen LogP contribution in [0.2, 0.25) is 10.1 Å². The van der Waals surface area contributed by atoms with Gasteiger partial charge in [-0.2, -0.15) is 13.8 Å². The molecule has 0 bridgehead atoms. The minimum Gasteiger partial charge on any atom is -0.460 e. The van der Waals surface area contributed by atoms with Gasteiger partial charge < -0.3 is 29.2 Å². The second kappa shape index (κ2) is 10.4. The minimum absolute atomic E-state index is 0.0136. The number of carbonyl (C=O) groups is 1.